The van der Waals surface area contributed by atoms with Crippen LogP contribution < -0.4 is 11.1 Å². The molecule has 4 aromatic rings. The zero-order valence-electron chi connectivity index (χ0n) is 17.7. The van der Waals surface area contributed by atoms with Gasteiger partial charge in [-0.1, -0.05) is 23.7 Å². The first-order valence-electron chi connectivity index (χ1n) is 10.0. The first-order valence-corrected chi connectivity index (χ1v) is 10.4. The number of nitrogens with one attached hydrogen (secondary N) is 1. The van der Waals surface area contributed by atoms with Crippen LogP contribution in [0.4, 0.5) is 13.2 Å². The van der Waals surface area contributed by atoms with Crippen molar-refractivity contribution in [3.05, 3.63) is 70.9 Å². The summed E-state index contributed by atoms with van der Waals surface area (Å²) in [5.74, 6) is -0.394. The molecule has 4 rings (SSSR count). The second-order valence-electron chi connectivity index (χ2n) is 7.42. The van der Waals surface area contributed by atoms with Crippen LogP contribution >= 0.6 is 11.6 Å². The average Bonchev–Trinajstić information content (AvgIpc) is 3.45. The largest absolute Gasteiger partial charge is 0.435 e. The Hall–Kier alpha value is -3.70. The van der Waals surface area contributed by atoms with Crippen molar-refractivity contribution >= 4 is 17.5 Å². The zero-order chi connectivity index (χ0) is 24.5. The normalized spacial score (nSPS) is 12.5. The monoisotopic (exact) mass is 490 g/mol. The Labute approximate surface area is 196 Å². The second kappa shape index (κ2) is 9.27. The quantitative estimate of drug-likeness (QED) is 0.418. The van der Waals surface area contributed by atoms with Gasteiger partial charge in [0, 0.05) is 23.2 Å². The zero-order valence-corrected chi connectivity index (χ0v) is 18.4. The topological polar surface area (TPSA) is 112 Å². The summed E-state index contributed by atoms with van der Waals surface area (Å²) in [6.07, 6.45) is -4.69. The van der Waals surface area contributed by atoms with Crippen molar-refractivity contribution in [3.8, 4) is 28.7 Å². The Balaban J connectivity index is 1.72. The molecule has 0 saturated carbocycles. The number of carbonyl (C=O) groups is 1. The number of alkyl halides is 3. The van der Waals surface area contributed by atoms with E-state index in [1.165, 1.54) is 0 Å². The van der Waals surface area contributed by atoms with Crippen molar-refractivity contribution in [2.75, 3.05) is 0 Å². The fourth-order valence-corrected chi connectivity index (χ4v) is 3.18. The fourth-order valence-electron chi connectivity index (χ4n) is 3.05. The van der Waals surface area contributed by atoms with Gasteiger partial charge in [0.25, 0.3) is 5.89 Å². The number of hydrogen-bond acceptors (Lipinski definition) is 6. The van der Waals surface area contributed by atoms with Crippen molar-refractivity contribution in [1.29, 1.82) is 0 Å². The van der Waals surface area contributed by atoms with Gasteiger partial charge in [0.2, 0.25) is 11.8 Å². The van der Waals surface area contributed by atoms with Gasteiger partial charge in [0.15, 0.2) is 5.69 Å². The average molecular weight is 491 g/mol. The number of benzene rings is 2. The summed E-state index contributed by atoms with van der Waals surface area (Å²) in [4.78, 5) is 11.7. The van der Waals surface area contributed by atoms with E-state index in [0.29, 0.717) is 21.8 Å². The fraction of sp³-hybridized carbons (Fsp3) is 0.182. The summed E-state index contributed by atoms with van der Waals surface area (Å²) >= 11 is 5.89. The minimum Gasteiger partial charge on any atom is -0.415 e. The minimum atomic E-state index is -4.69. The van der Waals surface area contributed by atoms with Crippen LogP contribution in [0.2, 0.25) is 5.02 Å². The maximum Gasteiger partial charge on any atom is 0.435 e. The molecule has 0 radical (unpaired) electrons. The van der Waals surface area contributed by atoms with Crippen LogP contribution in [0, 0.1) is 0 Å². The molecular weight excluding hydrogens is 473 g/mol. The summed E-state index contributed by atoms with van der Waals surface area (Å²) in [6.45, 7) is 1.68. The molecule has 0 saturated heterocycles. The number of hydrogen-bond donors (Lipinski definition) is 2. The van der Waals surface area contributed by atoms with Crippen molar-refractivity contribution in [3.63, 3.8) is 0 Å². The highest BCUT2D eigenvalue weighted by atomic mass is 35.5. The molecule has 0 aliphatic rings. The number of nitrogens with zero attached hydrogens (tertiary/aromatic N) is 4. The minimum absolute atomic E-state index is 0.0446. The van der Waals surface area contributed by atoms with Crippen LogP contribution in [0.3, 0.4) is 0 Å². The molecule has 0 bridgehead atoms. The molecule has 34 heavy (non-hydrogen) atoms. The number of rotatable bonds is 6. The predicted molar refractivity (Wildman–Crippen MR) is 118 cm³/mol. The van der Waals surface area contributed by atoms with Gasteiger partial charge >= 0.3 is 6.18 Å². The molecule has 3 N–H and O–H groups in total. The van der Waals surface area contributed by atoms with Gasteiger partial charge in [-0.3, -0.25) is 4.79 Å². The second-order valence-corrected chi connectivity index (χ2v) is 7.86. The summed E-state index contributed by atoms with van der Waals surface area (Å²) < 4.78 is 47.1. The van der Waals surface area contributed by atoms with Crippen LogP contribution in [0.1, 0.15) is 18.2 Å². The summed E-state index contributed by atoms with van der Waals surface area (Å²) in [5, 5.41) is 14.7. The maximum absolute atomic E-state index is 13.5. The van der Waals surface area contributed by atoms with Gasteiger partial charge in [0.05, 0.1) is 11.7 Å². The number of halogens is 4. The highest BCUT2D eigenvalue weighted by molar-refractivity contribution is 6.30. The number of aromatic nitrogens is 4. The van der Waals surface area contributed by atoms with Crippen molar-refractivity contribution in [2.45, 2.75) is 25.7 Å². The SMILES string of the molecule is C[C@H](N)C(=O)NCc1cccc(-n2nc(C(F)(F)F)cc2-c2nnc(-c3ccc(Cl)cc3)o2)c1. The number of nitrogens with two attached hydrogens (primary N) is 1. The van der Waals surface area contributed by atoms with E-state index in [1.54, 1.807) is 55.5 Å². The van der Waals surface area contributed by atoms with Crippen molar-refractivity contribution in [1.82, 2.24) is 25.3 Å². The lowest BCUT2D eigenvalue weighted by Crippen LogP contribution is -2.37. The highest BCUT2D eigenvalue weighted by Gasteiger charge is 2.36. The highest BCUT2D eigenvalue weighted by Crippen LogP contribution is 2.34. The van der Waals surface area contributed by atoms with E-state index in [9.17, 15) is 18.0 Å². The number of amides is 1. The van der Waals surface area contributed by atoms with Crippen molar-refractivity contribution < 1.29 is 22.4 Å². The molecule has 2 aromatic carbocycles. The lowest BCUT2D eigenvalue weighted by Gasteiger charge is -2.10. The van der Waals surface area contributed by atoms with Gasteiger partial charge in [-0.15, -0.1) is 10.2 Å². The molecule has 1 atom stereocenters. The van der Waals surface area contributed by atoms with Gasteiger partial charge in [0.1, 0.15) is 5.69 Å². The van der Waals surface area contributed by atoms with Gasteiger partial charge in [-0.05, 0) is 48.9 Å². The van der Waals surface area contributed by atoms with Gasteiger partial charge in [-0.25, -0.2) is 4.68 Å². The van der Waals surface area contributed by atoms with Crippen molar-refractivity contribution in [2.24, 2.45) is 5.73 Å². The molecule has 0 spiro atoms. The molecule has 12 heteroatoms. The van der Waals surface area contributed by atoms with Gasteiger partial charge in [-0.2, -0.15) is 18.3 Å². The lowest BCUT2D eigenvalue weighted by molar-refractivity contribution is -0.141. The van der Waals surface area contributed by atoms with E-state index in [-0.39, 0.29) is 29.9 Å². The molecule has 0 aliphatic heterocycles. The molecule has 8 nitrogen and oxygen atoms in total. The van der Waals surface area contributed by atoms with Crippen LogP contribution in [-0.4, -0.2) is 31.9 Å². The number of carbonyl (C=O) groups excluding carboxylic acids is 1. The van der Waals surface area contributed by atoms with E-state index < -0.39 is 17.9 Å². The van der Waals surface area contributed by atoms with E-state index in [2.05, 4.69) is 20.6 Å². The predicted octanol–water partition coefficient (Wildman–Crippen LogP) is 4.22. The summed E-state index contributed by atoms with van der Waals surface area (Å²) in [7, 11) is 0. The molecule has 1 amide bonds. The van der Waals surface area contributed by atoms with Crippen LogP contribution in [-0.2, 0) is 17.5 Å². The third kappa shape index (κ3) is 5.10. The summed E-state index contributed by atoms with van der Waals surface area (Å²) in [5.41, 5.74) is 5.87. The third-order valence-electron chi connectivity index (χ3n) is 4.77. The molecular formula is C22H18ClF3N6O2. The molecule has 0 fully saturated rings. The van der Waals surface area contributed by atoms with E-state index >= 15 is 0 Å². The van der Waals surface area contributed by atoms with E-state index in [4.69, 9.17) is 21.8 Å². The summed E-state index contributed by atoms with van der Waals surface area (Å²) in [6, 6.07) is 13.2. The van der Waals surface area contributed by atoms with Crippen LogP contribution in [0.15, 0.2) is 59.0 Å². The molecule has 0 aliphatic carbocycles. The van der Waals surface area contributed by atoms with Crippen LogP contribution in [0.5, 0.6) is 0 Å². The molecule has 176 valence electrons. The van der Waals surface area contributed by atoms with E-state index in [1.807, 2.05) is 0 Å². The third-order valence-corrected chi connectivity index (χ3v) is 5.02. The van der Waals surface area contributed by atoms with E-state index in [0.717, 1.165) is 10.7 Å². The Morgan fingerprint density at radius 1 is 1.15 bits per heavy atom. The Morgan fingerprint density at radius 2 is 1.85 bits per heavy atom. The Bertz CT molecular complexity index is 1310. The standard InChI is InChI=1S/C22H18ClF3N6O2/c1-12(27)19(33)28-11-13-3-2-4-16(9-13)32-17(10-18(31-32)22(24,25)26)21-30-29-20(34-21)14-5-7-15(23)8-6-14/h2-10,12H,11,27H2,1H3,(H,28,33)/t12-/m0/s1. The molecule has 2 aromatic heterocycles. The smallest absolute Gasteiger partial charge is 0.415 e. The maximum atomic E-state index is 13.5. The lowest BCUT2D eigenvalue weighted by atomic mass is 10.2. The Morgan fingerprint density at radius 3 is 2.53 bits per heavy atom. The Kier molecular flexibility index (Phi) is 6.40. The molecule has 0 unspecified atom stereocenters. The first kappa shape index (κ1) is 23.5. The molecule has 2 heterocycles. The van der Waals surface area contributed by atoms with Crippen LogP contribution in [0.25, 0.3) is 28.7 Å². The van der Waals surface area contributed by atoms with Gasteiger partial charge < -0.3 is 15.5 Å². The first-order chi connectivity index (χ1) is 16.1.